The van der Waals surface area contributed by atoms with E-state index in [9.17, 15) is 13.6 Å². The van der Waals surface area contributed by atoms with Crippen LogP contribution in [-0.2, 0) is 4.79 Å². The fourth-order valence-corrected chi connectivity index (χ4v) is 2.04. The highest BCUT2D eigenvalue weighted by atomic mass is 19.2. The summed E-state index contributed by atoms with van der Waals surface area (Å²) in [5.74, 6) is -1.80. The third kappa shape index (κ3) is 2.85. The van der Waals surface area contributed by atoms with E-state index in [1.807, 2.05) is 7.05 Å². The second-order valence-electron chi connectivity index (χ2n) is 4.52. The molecule has 0 heterocycles. The molecule has 0 bridgehead atoms. The van der Waals surface area contributed by atoms with Crippen molar-refractivity contribution in [1.82, 2.24) is 10.6 Å². The summed E-state index contributed by atoms with van der Waals surface area (Å²) in [6, 6.07) is 3.84. The van der Waals surface area contributed by atoms with Crippen LogP contribution in [0.15, 0.2) is 18.2 Å². The SMILES string of the molecule is CNCCNC(=O)C1CC1c1ccc(F)c(F)c1. The van der Waals surface area contributed by atoms with Gasteiger partial charge in [-0.05, 0) is 37.1 Å². The monoisotopic (exact) mass is 254 g/mol. The Morgan fingerprint density at radius 3 is 2.78 bits per heavy atom. The van der Waals surface area contributed by atoms with Gasteiger partial charge >= 0.3 is 0 Å². The molecule has 1 aliphatic rings. The standard InChI is InChI=1S/C13H16F2N2O/c1-16-4-5-17-13(18)10-7-9(10)8-2-3-11(14)12(15)6-8/h2-3,6,9-10,16H,4-5,7H2,1H3,(H,17,18). The molecule has 98 valence electrons. The minimum Gasteiger partial charge on any atom is -0.355 e. The fraction of sp³-hybridized carbons (Fsp3) is 0.462. The molecule has 2 rings (SSSR count). The van der Waals surface area contributed by atoms with Gasteiger partial charge in [-0.3, -0.25) is 4.79 Å². The molecule has 3 nitrogen and oxygen atoms in total. The van der Waals surface area contributed by atoms with Gasteiger partial charge in [0.15, 0.2) is 11.6 Å². The van der Waals surface area contributed by atoms with Crippen LogP contribution in [0.4, 0.5) is 8.78 Å². The minimum absolute atomic E-state index is 0.0139. The average molecular weight is 254 g/mol. The molecule has 0 aromatic heterocycles. The van der Waals surface area contributed by atoms with E-state index in [-0.39, 0.29) is 17.7 Å². The Hall–Kier alpha value is -1.49. The van der Waals surface area contributed by atoms with Gasteiger partial charge in [0.05, 0.1) is 0 Å². The topological polar surface area (TPSA) is 41.1 Å². The number of carbonyl (C=O) groups excluding carboxylic acids is 1. The number of carbonyl (C=O) groups is 1. The van der Waals surface area contributed by atoms with Crippen LogP contribution in [-0.4, -0.2) is 26.0 Å². The van der Waals surface area contributed by atoms with E-state index in [1.165, 1.54) is 6.07 Å². The quantitative estimate of drug-likeness (QED) is 0.780. The number of halogens is 2. The molecule has 0 radical (unpaired) electrons. The fourth-order valence-electron chi connectivity index (χ4n) is 2.04. The second kappa shape index (κ2) is 5.44. The van der Waals surface area contributed by atoms with Crippen molar-refractivity contribution < 1.29 is 13.6 Å². The summed E-state index contributed by atoms with van der Waals surface area (Å²) < 4.78 is 25.8. The number of amides is 1. The zero-order valence-electron chi connectivity index (χ0n) is 10.2. The lowest BCUT2D eigenvalue weighted by atomic mass is 10.1. The molecular formula is C13H16F2N2O. The molecule has 1 saturated carbocycles. The van der Waals surface area contributed by atoms with Gasteiger partial charge in [0.2, 0.25) is 5.91 Å². The maximum absolute atomic E-state index is 13.1. The Balaban J connectivity index is 1.90. The summed E-state index contributed by atoms with van der Waals surface area (Å²) in [6.45, 7) is 1.30. The zero-order chi connectivity index (χ0) is 13.1. The van der Waals surface area contributed by atoms with Crippen molar-refractivity contribution >= 4 is 5.91 Å². The molecule has 1 fully saturated rings. The molecule has 0 spiro atoms. The Bertz CT molecular complexity index is 451. The molecule has 1 aliphatic carbocycles. The van der Waals surface area contributed by atoms with Gasteiger partial charge in [-0.2, -0.15) is 0 Å². The highest BCUT2D eigenvalue weighted by Gasteiger charge is 2.43. The number of hydrogen-bond donors (Lipinski definition) is 2. The van der Waals surface area contributed by atoms with Crippen LogP contribution in [0.1, 0.15) is 17.9 Å². The lowest BCUT2D eigenvalue weighted by molar-refractivity contribution is -0.122. The van der Waals surface area contributed by atoms with Crippen molar-refractivity contribution in [3.8, 4) is 0 Å². The first-order valence-electron chi connectivity index (χ1n) is 6.00. The number of benzene rings is 1. The normalized spacial score (nSPS) is 21.7. The minimum atomic E-state index is -0.853. The highest BCUT2D eigenvalue weighted by Crippen LogP contribution is 2.47. The van der Waals surface area contributed by atoms with Gasteiger partial charge in [-0.15, -0.1) is 0 Å². The van der Waals surface area contributed by atoms with Gasteiger partial charge in [0.1, 0.15) is 0 Å². The van der Waals surface area contributed by atoms with E-state index in [0.717, 1.165) is 6.07 Å². The smallest absolute Gasteiger partial charge is 0.223 e. The molecule has 1 aromatic rings. The lowest BCUT2D eigenvalue weighted by Gasteiger charge is -2.04. The summed E-state index contributed by atoms with van der Waals surface area (Å²) in [4.78, 5) is 11.7. The van der Waals surface area contributed by atoms with E-state index in [4.69, 9.17) is 0 Å². The molecule has 0 saturated heterocycles. The Morgan fingerprint density at radius 2 is 2.11 bits per heavy atom. The van der Waals surface area contributed by atoms with Gasteiger partial charge < -0.3 is 10.6 Å². The van der Waals surface area contributed by atoms with E-state index in [1.54, 1.807) is 6.07 Å². The second-order valence-corrected chi connectivity index (χ2v) is 4.52. The van der Waals surface area contributed by atoms with Crippen molar-refractivity contribution in [3.63, 3.8) is 0 Å². The molecule has 18 heavy (non-hydrogen) atoms. The van der Waals surface area contributed by atoms with Crippen molar-refractivity contribution in [2.75, 3.05) is 20.1 Å². The molecule has 2 atom stereocenters. The molecule has 5 heteroatoms. The lowest BCUT2D eigenvalue weighted by Crippen LogP contribution is -2.31. The third-order valence-electron chi connectivity index (χ3n) is 3.17. The Labute approximate surface area is 105 Å². The first-order valence-corrected chi connectivity index (χ1v) is 6.00. The summed E-state index contributed by atoms with van der Waals surface area (Å²) >= 11 is 0. The predicted octanol–water partition coefficient (Wildman–Crippen LogP) is 1.40. The number of likely N-dealkylation sites (N-methyl/N-ethyl adjacent to an activating group) is 1. The zero-order valence-corrected chi connectivity index (χ0v) is 10.2. The predicted molar refractivity (Wildman–Crippen MR) is 64.1 cm³/mol. The van der Waals surface area contributed by atoms with Gasteiger partial charge in [0.25, 0.3) is 0 Å². The van der Waals surface area contributed by atoms with E-state index in [2.05, 4.69) is 10.6 Å². The van der Waals surface area contributed by atoms with Crippen LogP contribution < -0.4 is 10.6 Å². The van der Waals surface area contributed by atoms with Crippen LogP contribution in [0.5, 0.6) is 0 Å². The Morgan fingerprint density at radius 1 is 1.33 bits per heavy atom. The van der Waals surface area contributed by atoms with Crippen molar-refractivity contribution in [2.45, 2.75) is 12.3 Å². The van der Waals surface area contributed by atoms with Gasteiger partial charge in [-0.25, -0.2) is 8.78 Å². The maximum Gasteiger partial charge on any atom is 0.223 e. The summed E-state index contributed by atoms with van der Waals surface area (Å²) in [6.07, 6.45) is 0.705. The molecule has 2 N–H and O–H groups in total. The highest BCUT2D eigenvalue weighted by molar-refractivity contribution is 5.82. The number of nitrogens with one attached hydrogen (secondary N) is 2. The van der Waals surface area contributed by atoms with Crippen LogP contribution >= 0.6 is 0 Å². The van der Waals surface area contributed by atoms with Crippen LogP contribution in [0.3, 0.4) is 0 Å². The van der Waals surface area contributed by atoms with Crippen molar-refractivity contribution in [3.05, 3.63) is 35.4 Å². The largest absolute Gasteiger partial charge is 0.355 e. The van der Waals surface area contributed by atoms with Gasteiger partial charge in [-0.1, -0.05) is 6.07 Å². The van der Waals surface area contributed by atoms with Crippen LogP contribution in [0.25, 0.3) is 0 Å². The summed E-state index contributed by atoms with van der Waals surface area (Å²) in [7, 11) is 1.81. The van der Waals surface area contributed by atoms with Crippen molar-refractivity contribution in [1.29, 1.82) is 0 Å². The van der Waals surface area contributed by atoms with Crippen molar-refractivity contribution in [2.24, 2.45) is 5.92 Å². The van der Waals surface area contributed by atoms with Crippen LogP contribution in [0.2, 0.25) is 0 Å². The Kier molecular flexibility index (Phi) is 3.91. The molecule has 1 aromatic carbocycles. The molecule has 1 amide bonds. The third-order valence-corrected chi connectivity index (χ3v) is 3.17. The first kappa shape index (κ1) is 13.0. The summed E-state index contributed by atoms with van der Waals surface area (Å²) in [5, 5.41) is 5.74. The average Bonchev–Trinajstić information content (AvgIpc) is 3.13. The van der Waals surface area contributed by atoms with E-state index < -0.39 is 11.6 Å². The van der Waals surface area contributed by atoms with E-state index in [0.29, 0.717) is 25.1 Å². The van der Waals surface area contributed by atoms with Gasteiger partial charge in [0, 0.05) is 19.0 Å². The maximum atomic E-state index is 13.1. The molecule has 0 aliphatic heterocycles. The first-order chi connectivity index (χ1) is 8.63. The molecule has 2 unspecified atom stereocenters. The van der Waals surface area contributed by atoms with Crippen LogP contribution in [0, 0.1) is 17.6 Å². The number of hydrogen-bond acceptors (Lipinski definition) is 2. The number of rotatable bonds is 5. The van der Waals surface area contributed by atoms with E-state index >= 15 is 0 Å². The summed E-state index contributed by atoms with van der Waals surface area (Å²) in [5.41, 5.74) is 0.697. The molecular weight excluding hydrogens is 238 g/mol.